The molecule has 1 saturated carbocycles. The highest BCUT2D eigenvalue weighted by Gasteiger charge is 2.24. The summed E-state index contributed by atoms with van der Waals surface area (Å²) in [7, 11) is -4.11. The lowest BCUT2D eigenvalue weighted by Gasteiger charge is -2.09. The van der Waals surface area contributed by atoms with Gasteiger partial charge in [-0.05, 0) is 43.2 Å². The number of hydrogen-bond acceptors (Lipinski definition) is 4. The Morgan fingerprint density at radius 1 is 1.08 bits per heavy atom. The smallest absolute Gasteiger partial charge is 0.251 e. The second kappa shape index (κ2) is 7.25. The molecule has 0 unspecified atom stereocenters. The van der Waals surface area contributed by atoms with Crippen molar-refractivity contribution in [3.63, 3.8) is 0 Å². The van der Waals surface area contributed by atoms with Crippen LogP contribution in [0.25, 0.3) is 0 Å². The fourth-order valence-electron chi connectivity index (χ4n) is 2.38. The highest BCUT2D eigenvalue weighted by atomic mass is 32.2. The minimum atomic E-state index is -4.11. The summed E-state index contributed by atoms with van der Waals surface area (Å²) in [5.41, 5.74) is 0.661. The molecule has 0 radical (unpaired) electrons. The number of amides is 2. The van der Waals surface area contributed by atoms with E-state index in [0.717, 1.165) is 25.0 Å². The molecule has 0 heterocycles. The number of nitrogens with one attached hydrogen (secondary N) is 2. The Morgan fingerprint density at radius 3 is 2.50 bits per heavy atom. The maximum Gasteiger partial charge on any atom is 0.251 e. The van der Waals surface area contributed by atoms with Gasteiger partial charge < -0.3 is 10.6 Å². The SMILES string of the molecule is O=C(CS(=O)(=O)c1ccccc1F)Nc1cccc(C(=O)NC2CC2)c1. The molecule has 0 aliphatic heterocycles. The maximum absolute atomic E-state index is 13.7. The van der Waals surface area contributed by atoms with Crippen LogP contribution in [0, 0.1) is 5.82 Å². The van der Waals surface area contributed by atoms with Gasteiger partial charge in [0.05, 0.1) is 0 Å². The van der Waals surface area contributed by atoms with Crippen LogP contribution in [0.1, 0.15) is 23.2 Å². The van der Waals surface area contributed by atoms with Crippen molar-refractivity contribution in [3.05, 3.63) is 59.9 Å². The quantitative estimate of drug-likeness (QED) is 0.808. The number of sulfone groups is 1. The first-order valence-corrected chi connectivity index (χ1v) is 9.68. The van der Waals surface area contributed by atoms with E-state index in [1.54, 1.807) is 18.2 Å². The predicted octanol–water partition coefficient (Wildman–Crippen LogP) is 2.13. The lowest BCUT2D eigenvalue weighted by molar-refractivity contribution is -0.113. The van der Waals surface area contributed by atoms with Crippen LogP contribution in [-0.4, -0.2) is 32.0 Å². The Kier molecular flexibility index (Phi) is 5.03. The molecule has 0 aromatic heterocycles. The summed E-state index contributed by atoms with van der Waals surface area (Å²) in [5, 5.41) is 5.26. The van der Waals surface area contributed by atoms with Crippen LogP contribution >= 0.6 is 0 Å². The lowest BCUT2D eigenvalue weighted by Crippen LogP contribution is -2.26. The van der Waals surface area contributed by atoms with Crippen molar-refractivity contribution in [2.45, 2.75) is 23.8 Å². The van der Waals surface area contributed by atoms with E-state index in [1.165, 1.54) is 18.2 Å². The normalized spacial score (nSPS) is 13.9. The molecule has 2 aromatic carbocycles. The third-order valence-electron chi connectivity index (χ3n) is 3.81. The first-order chi connectivity index (χ1) is 12.3. The minimum absolute atomic E-state index is 0.201. The zero-order chi connectivity index (χ0) is 18.7. The van der Waals surface area contributed by atoms with Gasteiger partial charge in [-0.3, -0.25) is 9.59 Å². The fourth-order valence-corrected chi connectivity index (χ4v) is 3.60. The number of carbonyl (C=O) groups is 2. The van der Waals surface area contributed by atoms with Crippen molar-refractivity contribution >= 4 is 27.3 Å². The van der Waals surface area contributed by atoms with E-state index in [9.17, 15) is 22.4 Å². The second-order valence-corrected chi connectivity index (χ2v) is 8.02. The van der Waals surface area contributed by atoms with Gasteiger partial charge in [0.2, 0.25) is 5.91 Å². The zero-order valence-corrected chi connectivity index (χ0v) is 14.6. The predicted molar refractivity (Wildman–Crippen MR) is 94.0 cm³/mol. The Morgan fingerprint density at radius 2 is 1.81 bits per heavy atom. The van der Waals surface area contributed by atoms with Crippen LogP contribution in [0.4, 0.5) is 10.1 Å². The Balaban J connectivity index is 1.68. The monoisotopic (exact) mass is 376 g/mol. The third-order valence-corrected chi connectivity index (χ3v) is 5.46. The molecule has 0 saturated heterocycles. The summed E-state index contributed by atoms with van der Waals surface area (Å²) in [6, 6.07) is 11.3. The lowest BCUT2D eigenvalue weighted by atomic mass is 10.2. The Labute approximate surface area is 150 Å². The van der Waals surface area contributed by atoms with Crippen LogP contribution in [0.5, 0.6) is 0 Å². The molecule has 2 N–H and O–H groups in total. The summed E-state index contributed by atoms with van der Waals surface area (Å²) < 4.78 is 38.0. The minimum Gasteiger partial charge on any atom is -0.349 e. The van der Waals surface area contributed by atoms with Crippen LogP contribution in [0.15, 0.2) is 53.4 Å². The average molecular weight is 376 g/mol. The van der Waals surface area contributed by atoms with Crippen LogP contribution in [-0.2, 0) is 14.6 Å². The molecule has 0 spiro atoms. The molecule has 1 aliphatic carbocycles. The number of rotatable bonds is 6. The van der Waals surface area contributed by atoms with Gasteiger partial charge in [0.25, 0.3) is 5.91 Å². The summed E-state index contributed by atoms with van der Waals surface area (Å²) in [4.78, 5) is 23.6. The van der Waals surface area contributed by atoms with Gasteiger partial charge in [0.15, 0.2) is 9.84 Å². The van der Waals surface area contributed by atoms with Crippen LogP contribution in [0.3, 0.4) is 0 Å². The number of halogens is 1. The maximum atomic E-state index is 13.7. The summed E-state index contributed by atoms with van der Waals surface area (Å²) >= 11 is 0. The molecule has 8 heteroatoms. The molecule has 1 aliphatic rings. The van der Waals surface area contributed by atoms with Crippen LogP contribution in [0.2, 0.25) is 0 Å². The molecule has 26 heavy (non-hydrogen) atoms. The van der Waals surface area contributed by atoms with E-state index in [0.29, 0.717) is 11.3 Å². The van der Waals surface area contributed by atoms with Gasteiger partial charge in [-0.25, -0.2) is 12.8 Å². The van der Waals surface area contributed by atoms with E-state index in [2.05, 4.69) is 10.6 Å². The van der Waals surface area contributed by atoms with Gasteiger partial charge in [-0.2, -0.15) is 0 Å². The van der Waals surface area contributed by atoms with Gasteiger partial charge in [0, 0.05) is 17.3 Å². The standard InChI is InChI=1S/C18H17FN2O4S/c19-15-6-1-2-7-16(15)26(24,25)11-17(22)20-14-5-3-4-12(10-14)18(23)21-13-8-9-13/h1-7,10,13H,8-9,11H2,(H,20,22)(H,21,23). The van der Waals surface area contributed by atoms with Gasteiger partial charge in [-0.1, -0.05) is 18.2 Å². The van der Waals surface area contributed by atoms with Crippen LogP contribution < -0.4 is 10.6 Å². The van der Waals surface area contributed by atoms with E-state index in [1.807, 2.05) is 0 Å². The Bertz CT molecular complexity index is 955. The molecule has 3 rings (SSSR count). The molecule has 136 valence electrons. The van der Waals surface area contributed by atoms with Crippen molar-refractivity contribution in [3.8, 4) is 0 Å². The van der Waals surface area contributed by atoms with Crippen molar-refractivity contribution in [2.24, 2.45) is 0 Å². The number of hydrogen-bond donors (Lipinski definition) is 2. The molecule has 0 bridgehead atoms. The van der Waals surface area contributed by atoms with E-state index in [-0.39, 0.29) is 11.9 Å². The first kappa shape index (κ1) is 18.1. The van der Waals surface area contributed by atoms with Crippen molar-refractivity contribution in [1.29, 1.82) is 0 Å². The molecule has 6 nitrogen and oxygen atoms in total. The average Bonchev–Trinajstić information content (AvgIpc) is 3.38. The Hall–Kier alpha value is -2.74. The third kappa shape index (κ3) is 4.45. The molecule has 0 atom stereocenters. The highest BCUT2D eigenvalue weighted by Crippen LogP contribution is 2.20. The molecule has 1 fully saturated rings. The largest absolute Gasteiger partial charge is 0.349 e. The fraction of sp³-hybridized carbons (Fsp3) is 0.222. The van der Waals surface area contributed by atoms with E-state index >= 15 is 0 Å². The molecule has 2 aromatic rings. The summed E-state index contributed by atoms with van der Waals surface area (Å²) in [5.74, 6) is -2.86. The topological polar surface area (TPSA) is 92.3 Å². The zero-order valence-electron chi connectivity index (χ0n) is 13.7. The van der Waals surface area contributed by atoms with Crippen molar-refractivity contribution < 1.29 is 22.4 Å². The van der Waals surface area contributed by atoms with Gasteiger partial charge in [0.1, 0.15) is 16.5 Å². The number of benzene rings is 2. The van der Waals surface area contributed by atoms with Crippen molar-refractivity contribution in [2.75, 3.05) is 11.1 Å². The number of anilines is 1. The highest BCUT2D eigenvalue weighted by molar-refractivity contribution is 7.92. The second-order valence-electron chi connectivity index (χ2n) is 6.07. The van der Waals surface area contributed by atoms with Gasteiger partial charge >= 0.3 is 0 Å². The van der Waals surface area contributed by atoms with Gasteiger partial charge in [-0.15, -0.1) is 0 Å². The molecular weight excluding hydrogens is 359 g/mol. The molecular formula is C18H17FN2O4S. The summed E-state index contributed by atoms with van der Waals surface area (Å²) in [6.07, 6.45) is 1.91. The summed E-state index contributed by atoms with van der Waals surface area (Å²) in [6.45, 7) is 0. The van der Waals surface area contributed by atoms with Crippen molar-refractivity contribution in [1.82, 2.24) is 5.32 Å². The number of carbonyl (C=O) groups excluding carboxylic acids is 2. The first-order valence-electron chi connectivity index (χ1n) is 8.03. The van der Waals surface area contributed by atoms with E-state index < -0.39 is 32.2 Å². The molecule has 2 amide bonds. The van der Waals surface area contributed by atoms with E-state index in [4.69, 9.17) is 0 Å².